The summed E-state index contributed by atoms with van der Waals surface area (Å²) in [6, 6.07) is 10.7. The van der Waals surface area contributed by atoms with E-state index in [9.17, 15) is 13.6 Å². The molecular formula is C16H15F2NO2. The summed E-state index contributed by atoms with van der Waals surface area (Å²) in [6.07, 6.45) is 0. The molecule has 0 fully saturated rings. The summed E-state index contributed by atoms with van der Waals surface area (Å²) >= 11 is 0. The predicted octanol–water partition coefficient (Wildman–Crippen LogP) is 3.77. The molecule has 0 aromatic heterocycles. The summed E-state index contributed by atoms with van der Waals surface area (Å²) < 4.78 is 25.8. The molecule has 0 aliphatic carbocycles. The summed E-state index contributed by atoms with van der Waals surface area (Å²) in [5.74, 6) is -3.21. The Kier molecular flexibility index (Phi) is 4.52. The average molecular weight is 291 g/mol. The van der Waals surface area contributed by atoms with Gasteiger partial charge in [0.25, 0.3) is 0 Å². The van der Waals surface area contributed by atoms with E-state index in [1.54, 1.807) is 19.1 Å². The van der Waals surface area contributed by atoms with Crippen LogP contribution in [0.3, 0.4) is 0 Å². The molecule has 0 aliphatic rings. The molecule has 1 unspecified atom stereocenters. The van der Waals surface area contributed by atoms with E-state index in [1.807, 2.05) is 12.1 Å². The number of benzene rings is 2. The van der Waals surface area contributed by atoms with Crippen LogP contribution >= 0.6 is 0 Å². The normalized spacial score (nSPS) is 12.0. The molecular weight excluding hydrogens is 276 g/mol. The van der Waals surface area contributed by atoms with Crippen LogP contribution in [-0.4, -0.2) is 11.1 Å². The minimum absolute atomic E-state index is 0.437. The molecule has 0 bridgehead atoms. The van der Waals surface area contributed by atoms with E-state index in [2.05, 4.69) is 5.32 Å². The first kappa shape index (κ1) is 15.0. The number of rotatable bonds is 5. The summed E-state index contributed by atoms with van der Waals surface area (Å²) in [6.45, 7) is 2.06. The van der Waals surface area contributed by atoms with Gasteiger partial charge >= 0.3 is 5.97 Å². The van der Waals surface area contributed by atoms with Crippen molar-refractivity contribution in [1.82, 2.24) is 0 Å². The lowest BCUT2D eigenvalue weighted by atomic mass is 10.00. The molecule has 2 rings (SSSR count). The molecule has 0 amide bonds. The molecule has 0 saturated carbocycles. The van der Waals surface area contributed by atoms with Crippen molar-refractivity contribution >= 4 is 11.7 Å². The van der Waals surface area contributed by atoms with Crippen molar-refractivity contribution in [2.24, 2.45) is 0 Å². The van der Waals surface area contributed by atoms with Crippen LogP contribution in [0.2, 0.25) is 0 Å². The molecule has 2 aromatic rings. The molecule has 1 atom stereocenters. The zero-order valence-corrected chi connectivity index (χ0v) is 11.4. The number of aliphatic carboxylic acids is 1. The molecule has 21 heavy (non-hydrogen) atoms. The number of anilines is 1. The molecule has 0 spiro atoms. The largest absolute Gasteiger partial charge is 0.481 e. The molecule has 0 heterocycles. The molecule has 0 aliphatic heterocycles. The highest BCUT2D eigenvalue weighted by molar-refractivity contribution is 5.75. The second kappa shape index (κ2) is 6.35. The van der Waals surface area contributed by atoms with E-state index < -0.39 is 23.5 Å². The topological polar surface area (TPSA) is 49.3 Å². The third kappa shape index (κ3) is 3.78. The number of nitrogens with one attached hydrogen (secondary N) is 1. The first-order valence-electron chi connectivity index (χ1n) is 6.48. The second-order valence-electron chi connectivity index (χ2n) is 4.78. The van der Waals surface area contributed by atoms with E-state index in [1.165, 1.54) is 6.07 Å². The Morgan fingerprint density at radius 2 is 1.81 bits per heavy atom. The number of hydrogen-bond donors (Lipinski definition) is 2. The number of carboxylic acids is 1. The molecule has 0 radical (unpaired) electrons. The Bertz CT molecular complexity index is 641. The quantitative estimate of drug-likeness (QED) is 0.881. The lowest BCUT2D eigenvalue weighted by Crippen LogP contribution is -2.07. The fourth-order valence-electron chi connectivity index (χ4n) is 1.88. The van der Waals surface area contributed by atoms with Crippen LogP contribution in [0.5, 0.6) is 0 Å². The third-order valence-corrected chi connectivity index (χ3v) is 3.27. The summed E-state index contributed by atoms with van der Waals surface area (Å²) in [7, 11) is 0. The van der Waals surface area contributed by atoms with Crippen molar-refractivity contribution in [2.45, 2.75) is 19.4 Å². The van der Waals surface area contributed by atoms with Crippen molar-refractivity contribution < 1.29 is 18.7 Å². The Hall–Kier alpha value is -2.43. The predicted molar refractivity (Wildman–Crippen MR) is 76.2 cm³/mol. The summed E-state index contributed by atoms with van der Waals surface area (Å²) in [5.41, 5.74) is 2.12. The van der Waals surface area contributed by atoms with Crippen LogP contribution in [0.25, 0.3) is 0 Å². The molecule has 0 saturated heterocycles. The number of carbonyl (C=O) groups is 1. The van der Waals surface area contributed by atoms with Crippen LogP contribution in [0.1, 0.15) is 24.0 Å². The Morgan fingerprint density at radius 3 is 2.38 bits per heavy atom. The second-order valence-corrected chi connectivity index (χ2v) is 4.78. The Morgan fingerprint density at radius 1 is 1.14 bits per heavy atom. The van der Waals surface area contributed by atoms with Crippen molar-refractivity contribution in [3.05, 3.63) is 65.2 Å². The van der Waals surface area contributed by atoms with Gasteiger partial charge in [-0.1, -0.05) is 24.3 Å². The van der Waals surface area contributed by atoms with Crippen LogP contribution in [-0.2, 0) is 11.3 Å². The Balaban J connectivity index is 2.00. The van der Waals surface area contributed by atoms with E-state index in [-0.39, 0.29) is 0 Å². The highest BCUT2D eigenvalue weighted by Gasteiger charge is 2.12. The smallest absolute Gasteiger partial charge is 0.310 e. The Labute approximate surface area is 121 Å². The number of carboxylic acid groups (broad SMARTS) is 1. The van der Waals surface area contributed by atoms with Crippen molar-refractivity contribution in [3.8, 4) is 0 Å². The highest BCUT2D eigenvalue weighted by Crippen LogP contribution is 2.17. The minimum atomic E-state index is -0.898. The van der Waals surface area contributed by atoms with Gasteiger partial charge in [0.2, 0.25) is 0 Å². The molecule has 5 heteroatoms. The van der Waals surface area contributed by atoms with E-state index >= 15 is 0 Å². The first-order chi connectivity index (χ1) is 9.97. The van der Waals surface area contributed by atoms with Gasteiger partial charge in [-0.3, -0.25) is 4.79 Å². The lowest BCUT2D eigenvalue weighted by molar-refractivity contribution is -0.138. The van der Waals surface area contributed by atoms with Crippen LogP contribution < -0.4 is 5.32 Å². The molecule has 110 valence electrons. The maximum absolute atomic E-state index is 13.1. The number of halogens is 2. The molecule has 3 nitrogen and oxygen atoms in total. The monoisotopic (exact) mass is 291 g/mol. The maximum Gasteiger partial charge on any atom is 0.310 e. The van der Waals surface area contributed by atoms with Gasteiger partial charge in [0, 0.05) is 18.3 Å². The maximum atomic E-state index is 13.1. The van der Waals surface area contributed by atoms with Crippen molar-refractivity contribution in [1.29, 1.82) is 0 Å². The zero-order chi connectivity index (χ0) is 15.4. The van der Waals surface area contributed by atoms with Crippen molar-refractivity contribution in [3.63, 3.8) is 0 Å². The number of hydrogen-bond acceptors (Lipinski definition) is 2. The van der Waals surface area contributed by atoms with Gasteiger partial charge in [-0.05, 0) is 30.2 Å². The molecule has 2 aromatic carbocycles. The van der Waals surface area contributed by atoms with Gasteiger partial charge in [-0.25, -0.2) is 8.78 Å². The van der Waals surface area contributed by atoms with Gasteiger partial charge in [0.1, 0.15) is 0 Å². The standard InChI is InChI=1S/C16H15F2NO2/c1-10(16(20)21)12-4-2-11(3-5-12)9-19-13-6-7-14(17)15(18)8-13/h2-8,10,19H,9H2,1H3,(H,20,21). The van der Waals surface area contributed by atoms with Gasteiger partial charge in [-0.15, -0.1) is 0 Å². The molecule has 2 N–H and O–H groups in total. The third-order valence-electron chi connectivity index (χ3n) is 3.27. The van der Waals surface area contributed by atoms with Gasteiger partial charge in [0.15, 0.2) is 11.6 Å². The SMILES string of the molecule is CC(C(=O)O)c1ccc(CNc2ccc(F)c(F)c2)cc1. The van der Waals surface area contributed by atoms with Gasteiger partial charge in [0.05, 0.1) is 5.92 Å². The summed E-state index contributed by atoms with van der Waals surface area (Å²) in [4.78, 5) is 10.9. The van der Waals surface area contributed by atoms with E-state index in [4.69, 9.17) is 5.11 Å². The zero-order valence-electron chi connectivity index (χ0n) is 11.4. The van der Waals surface area contributed by atoms with Crippen LogP contribution in [0.4, 0.5) is 14.5 Å². The average Bonchev–Trinajstić information content (AvgIpc) is 2.48. The van der Waals surface area contributed by atoms with Crippen LogP contribution in [0, 0.1) is 11.6 Å². The van der Waals surface area contributed by atoms with Gasteiger partial charge in [-0.2, -0.15) is 0 Å². The fourth-order valence-corrected chi connectivity index (χ4v) is 1.88. The van der Waals surface area contributed by atoms with E-state index in [0.29, 0.717) is 12.2 Å². The van der Waals surface area contributed by atoms with Crippen molar-refractivity contribution in [2.75, 3.05) is 5.32 Å². The summed E-state index contributed by atoms with van der Waals surface area (Å²) in [5, 5.41) is 11.9. The fraction of sp³-hybridized carbons (Fsp3) is 0.188. The van der Waals surface area contributed by atoms with Crippen LogP contribution in [0.15, 0.2) is 42.5 Å². The van der Waals surface area contributed by atoms with Gasteiger partial charge < -0.3 is 10.4 Å². The lowest BCUT2D eigenvalue weighted by Gasteiger charge is -2.09. The first-order valence-corrected chi connectivity index (χ1v) is 6.48. The van der Waals surface area contributed by atoms with E-state index in [0.717, 1.165) is 23.3 Å². The minimum Gasteiger partial charge on any atom is -0.481 e. The highest BCUT2D eigenvalue weighted by atomic mass is 19.2.